The predicted molar refractivity (Wildman–Crippen MR) is 61.6 cm³/mol. The van der Waals surface area contributed by atoms with Crippen molar-refractivity contribution in [1.29, 1.82) is 0 Å². The Morgan fingerprint density at radius 1 is 1.50 bits per heavy atom. The number of hydrogen-bond acceptors (Lipinski definition) is 3. The van der Waals surface area contributed by atoms with Crippen molar-refractivity contribution in [1.82, 2.24) is 10.6 Å². The van der Waals surface area contributed by atoms with Gasteiger partial charge in [-0.25, -0.2) is 0 Å². The molecule has 5 nitrogen and oxygen atoms in total. The first kappa shape index (κ1) is 13.0. The van der Waals surface area contributed by atoms with E-state index < -0.39 is 11.9 Å². The Morgan fingerprint density at radius 3 is 2.62 bits per heavy atom. The molecule has 1 rings (SSSR count). The van der Waals surface area contributed by atoms with Crippen LogP contribution in [0.15, 0.2) is 0 Å². The molecule has 0 bridgehead atoms. The van der Waals surface area contributed by atoms with Gasteiger partial charge in [-0.3, -0.25) is 9.59 Å². The molecule has 0 aromatic rings. The van der Waals surface area contributed by atoms with E-state index in [0.717, 1.165) is 19.4 Å². The Morgan fingerprint density at radius 2 is 2.19 bits per heavy atom. The minimum atomic E-state index is -0.546. The minimum Gasteiger partial charge on any atom is -0.368 e. The normalized spacial score (nSPS) is 22.1. The van der Waals surface area contributed by atoms with Gasteiger partial charge in [0, 0.05) is 0 Å². The lowest BCUT2D eigenvalue weighted by Crippen LogP contribution is -2.50. The van der Waals surface area contributed by atoms with E-state index in [4.69, 9.17) is 5.73 Å². The number of carbonyl (C=O) groups is 2. The summed E-state index contributed by atoms with van der Waals surface area (Å²) < 4.78 is 0. The molecule has 16 heavy (non-hydrogen) atoms. The quantitative estimate of drug-likeness (QED) is 0.606. The first-order valence-electron chi connectivity index (χ1n) is 5.83. The lowest BCUT2D eigenvalue weighted by Gasteiger charge is -2.19. The molecule has 4 N–H and O–H groups in total. The third-order valence-corrected chi connectivity index (χ3v) is 2.74. The first-order chi connectivity index (χ1) is 7.50. The van der Waals surface area contributed by atoms with Crippen molar-refractivity contribution in [2.24, 2.45) is 11.7 Å². The van der Waals surface area contributed by atoms with Gasteiger partial charge in [0.1, 0.15) is 6.04 Å². The van der Waals surface area contributed by atoms with Crippen LogP contribution >= 0.6 is 0 Å². The molecule has 0 unspecified atom stereocenters. The highest BCUT2D eigenvalue weighted by molar-refractivity contribution is 5.89. The maximum Gasteiger partial charge on any atom is 0.240 e. The van der Waals surface area contributed by atoms with E-state index in [0.29, 0.717) is 12.3 Å². The first-order valence-corrected chi connectivity index (χ1v) is 5.83. The molecule has 92 valence electrons. The van der Waals surface area contributed by atoms with Crippen molar-refractivity contribution >= 4 is 11.8 Å². The Balaban J connectivity index is 2.47. The van der Waals surface area contributed by atoms with Crippen molar-refractivity contribution in [3.05, 3.63) is 0 Å². The van der Waals surface area contributed by atoms with Gasteiger partial charge in [-0.15, -0.1) is 0 Å². The molecule has 0 aromatic heterocycles. The average molecular weight is 227 g/mol. The molecular formula is C11H21N3O2. The number of nitrogens with two attached hydrogens (primary N) is 1. The van der Waals surface area contributed by atoms with Gasteiger partial charge in [-0.05, 0) is 31.7 Å². The van der Waals surface area contributed by atoms with E-state index >= 15 is 0 Å². The van der Waals surface area contributed by atoms with Crippen LogP contribution in [0.25, 0.3) is 0 Å². The van der Waals surface area contributed by atoms with Crippen LogP contribution in [-0.4, -0.2) is 30.4 Å². The topological polar surface area (TPSA) is 84.2 Å². The van der Waals surface area contributed by atoms with Gasteiger partial charge in [0.25, 0.3) is 0 Å². The van der Waals surface area contributed by atoms with Crippen molar-refractivity contribution in [2.75, 3.05) is 6.54 Å². The molecule has 0 aromatic carbocycles. The van der Waals surface area contributed by atoms with E-state index in [1.807, 2.05) is 13.8 Å². The summed E-state index contributed by atoms with van der Waals surface area (Å²) in [6.45, 7) is 4.86. The molecule has 1 aliphatic heterocycles. The molecule has 0 saturated carbocycles. The van der Waals surface area contributed by atoms with Crippen molar-refractivity contribution < 1.29 is 9.59 Å². The number of primary amides is 1. The Hall–Kier alpha value is -1.10. The lowest BCUT2D eigenvalue weighted by molar-refractivity contribution is -0.128. The van der Waals surface area contributed by atoms with E-state index in [1.54, 1.807) is 0 Å². The smallest absolute Gasteiger partial charge is 0.240 e. The summed E-state index contributed by atoms with van der Waals surface area (Å²) in [5, 5.41) is 5.80. The molecular weight excluding hydrogens is 206 g/mol. The summed E-state index contributed by atoms with van der Waals surface area (Å²) in [6, 6.07) is -0.705. The number of amides is 2. The second-order valence-electron chi connectivity index (χ2n) is 4.74. The second kappa shape index (κ2) is 5.84. The standard InChI is InChI=1S/C11H21N3O2/c1-7(2)6-9(10(12)15)14-11(16)8-4-3-5-13-8/h7-9,13H,3-6H2,1-2H3,(H2,12,15)(H,14,16)/t8-,9-/m0/s1. The fourth-order valence-corrected chi connectivity index (χ4v) is 1.90. The average Bonchev–Trinajstić information content (AvgIpc) is 2.68. The van der Waals surface area contributed by atoms with E-state index in [-0.39, 0.29) is 11.9 Å². The van der Waals surface area contributed by atoms with Crippen LogP contribution in [0.5, 0.6) is 0 Å². The van der Waals surface area contributed by atoms with Crippen LogP contribution in [-0.2, 0) is 9.59 Å². The molecule has 2 amide bonds. The fourth-order valence-electron chi connectivity index (χ4n) is 1.90. The van der Waals surface area contributed by atoms with Gasteiger partial charge in [0.2, 0.25) is 11.8 Å². The van der Waals surface area contributed by atoms with Crippen LogP contribution in [0.2, 0.25) is 0 Å². The van der Waals surface area contributed by atoms with Crippen LogP contribution in [0.3, 0.4) is 0 Å². The van der Waals surface area contributed by atoms with Crippen molar-refractivity contribution in [3.63, 3.8) is 0 Å². The third-order valence-electron chi connectivity index (χ3n) is 2.74. The maximum atomic E-state index is 11.8. The molecule has 1 heterocycles. The zero-order valence-electron chi connectivity index (χ0n) is 9.95. The summed E-state index contributed by atoms with van der Waals surface area (Å²) in [5.41, 5.74) is 5.26. The molecule has 1 fully saturated rings. The van der Waals surface area contributed by atoms with E-state index in [9.17, 15) is 9.59 Å². The van der Waals surface area contributed by atoms with Crippen molar-refractivity contribution in [2.45, 2.75) is 45.2 Å². The molecule has 0 aliphatic carbocycles. The number of nitrogens with one attached hydrogen (secondary N) is 2. The van der Waals surface area contributed by atoms with Crippen LogP contribution in [0.4, 0.5) is 0 Å². The lowest BCUT2D eigenvalue weighted by atomic mass is 10.0. The zero-order chi connectivity index (χ0) is 12.1. The SMILES string of the molecule is CC(C)C[C@H](NC(=O)[C@@H]1CCCN1)C(N)=O. The monoisotopic (exact) mass is 227 g/mol. The Bertz CT molecular complexity index is 260. The summed E-state index contributed by atoms with van der Waals surface area (Å²) in [4.78, 5) is 22.9. The highest BCUT2D eigenvalue weighted by atomic mass is 16.2. The number of carbonyl (C=O) groups excluding carboxylic acids is 2. The van der Waals surface area contributed by atoms with Gasteiger partial charge < -0.3 is 16.4 Å². The van der Waals surface area contributed by atoms with Gasteiger partial charge in [0.05, 0.1) is 6.04 Å². The van der Waals surface area contributed by atoms with Crippen molar-refractivity contribution in [3.8, 4) is 0 Å². The minimum absolute atomic E-state index is 0.109. The van der Waals surface area contributed by atoms with E-state index in [1.165, 1.54) is 0 Å². The second-order valence-corrected chi connectivity index (χ2v) is 4.74. The molecule has 0 radical (unpaired) electrons. The Kier molecular flexibility index (Phi) is 4.73. The molecule has 1 aliphatic rings. The predicted octanol–water partition coefficient (Wildman–Crippen LogP) is -0.245. The third kappa shape index (κ3) is 3.81. The largest absolute Gasteiger partial charge is 0.368 e. The van der Waals surface area contributed by atoms with Crippen LogP contribution in [0.1, 0.15) is 33.1 Å². The van der Waals surface area contributed by atoms with Gasteiger partial charge in [-0.2, -0.15) is 0 Å². The molecule has 2 atom stereocenters. The summed E-state index contributed by atoms with van der Waals surface area (Å²) in [7, 11) is 0. The van der Waals surface area contributed by atoms with Gasteiger partial charge >= 0.3 is 0 Å². The van der Waals surface area contributed by atoms with Crippen LogP contribution in [0, 0.1) is 5.92 Å². The molecule has 5 heteroatoms. The van der Waals surface area contributed by atoms with E-state index in [2.05, 4.69) is 10.6 Å². The van der Waals surface area contributed by atoms with Gasteiger partial charge in [0.15, 0.2) is 0 Å². The maximum absolute atomic E-state index is 11.8. The number of hydrogen-bond donors (Lipinski definition) is 3. The Labute approximate surface area is 96.1 Å². The summed E-state index contributed by atoms with van der Waals surface area (Å²) in [6.07, 6.45) is 2.43. The highest BCUT2D eigenvalue weighted by Crippen LogP contribution is 2.08. The highest BCUT2D eigenvalue weighted by Gasteiger charge is 2.26. The summed E-state index contributed by atoms with van der Waals surface area (Å²) in [5.74, 6) is -0.240. The fraction of sp³-hybridized carbons (Fsp3) is 0.818. The summed E-state index contributed by atoms with van der Waals surface area (Å²) >= 11 is 0. The number of rotatable bonds is 5. The van der Waals surface area contributed by atoms with Crippen LogP contribution < -0.4 is 16.4 Å². The molecule has 1 saturated heterocycles. The van der Waals surface area contributed by atoms with Gasteiger partial charge in [-0.1, -0.05) is 13.8 Å². The zero-order valence-corrected chi connectivity index (χ0v) is 9.95. The molecule has 0 spiro atoms.